The zero-order valence-corrected chi connectivity index (χ0v) is 13.1. The number of carbonyl (C=O) groups is 1. The summed E-state index contributed by atoms with van der Waals surface area (Å²) in [6, 6.07) is 9.82. The molecular formula is C14H11IN2OS. The summed E-state index contributed by atoms with van der Waals surface area (Å²) in [4.78, 5) is 15.3. The van der Waals surface area contributed by atoms with Crippen LogP contribution in [0.5, 0.6) is 0 Å². The SMILES string of the molecule is Cc1cc(I)ccc1NC(=O)c1cc2sccc2[nH]1. The number of nitrogens with one attached hydrogen (secondary N) is 2. The summed E-state index contributed by atoms with van der Waals surface area (Å²) in [5.41, 5.74) is 3.52. The van der Waals surface area contributed by atoms with Gasteiger partial charge in [-0.1, -0.05) is 0 Å². The summed E-state index contributed by atoms with van der Waals surface area (Å²) in [6.07, 6.45) is 0. The molecule has 0 aliphatic carbocycles. The van der Waals surface area contributed by atoms with Crippen molar-refractivity contribution in [2.75, 3.05) is 5.32 Å². The van der Waals surface area contributed by atoms with Crippen molar-refractivity contribution in [3.63, 3.8) is 0 Å². The molecule has 0 radical (unpaired) electrons. The normalized spacial score (nSPS) is 10.8. The van der Waals surface area contributed by atoms with E-state index in [-0.39, 0.29) is 5.91 Å². The largest absolute Gasteiger partial charge is 0.350 e. The maximum absolute atomic E-state index is 12.2. The molecule has 0 fully saturated rings. The minimum Gasteiger partial charge on any atom is -0.350 e. The number of hydrogen-bond acceptors (Lipinski definition) is 2. The number of thiophene rings is 1. The van der Waals surface area contributed by atoms with Crippen molar-refractivity contribution in [2.24, 2.45) is 0 Å². The number of fused-ring (bicyclic) bond motifs is 1. The minimum atomic E-state index is -0.104. The minimum absolute atomic E-state index is 0.104. The maximum Gasteiger partial charge on any atom is 0.272 e. The van der Waals surface area contributed by atoms with Crippen molar-refractivity contribution in [2.45, 2.75) is 6.92 Å². The van der Waals surface area contributed by atoms with Crippen LogP contribution in [0.4, 0.5) is 5.69 Å². The van der Waals surface area contributed by atoms with E-state index < -0.39 is 0 Å². The summed E-state index contributed by atoms with van der Waals surface area (Å²) in [7, 11) is 0. The molecule has 0 saturated heterocycles. The smallest absolute Gasteiger partial charge is 0.272 e. The van der Waals surface area contributed by atoms with Crippen LogP contribution in [0.2, 0.25) is 0 Å². The molecule has 2 aromatic heterocycles. The average molecular weight is 382 g/mol. The Hall–Kier alpha value is -1.34. The van der Waals surface area contributed by atoms with E-state index in [0.29, 0.717) is 5.69 Å². The summed E-state index contributed by atoms with van der Waals surface area (Å²) in [5.74, 6) is -0.104. The Morgan fingerprint density at radius 3 is 2.89 bits per heavy atom. The third kappa shape index (κ3) is 2.52. The zero-order valence-electron chi connectivity index (χ0n) is 10.2. The van der Waals surface area contributed by atoms with E-state index in [9.17, 15) is 4.79 Å². The van der Waals surface area contributed by atoms with Gasteiger partial charge in [-0.25, -0.2) is 0 Å². The zero-order chi connectivity index (χ0) is 13.4. The van der Waals surface area contributed by atoms with Crippen LogP contribution in [0, 0.1) is 10.5 Å². The predicted molar refractivity (Wildman–Crippen MR) is 88.0 cm³/mol. The molecule has 0 bridgehead atoms. The molecule has 0 spiro atoms. The maximum atomic E-state index is 12.2. The number of aryl methyl sites for hydroxylation is 1. The van der Waals surface area contributed by atoms with Crippen LogP contribution in [0.25, 0.3) is 10.2 Å². The van der Waals surface area contributed by atoms with Gasteiger partial charge in [-0.3, -0.25) is 4.79 Å². The van der Waals surface area contributed by atoms with Gasteiger partial charge < -0.3 is 10.3 Å². The number of rotatable bonds is 2. The number of amides is 1. The molecule has 19 heavy (non-hydrogen) atoms. The topological polar surface area (TPSA) is 44.9 Å². The molecule has 1 aromatic carbocycles. The monoisotopic (exact) mass is 382 g/mol. The fourth-order valence-corrected chi connectivity index (χ4v) is 3.36. The molecule has 2 heterocycles. The van der Waals surface area contributed by atoms with Crippen molar-refractivity contribution in [3.05, 3.63) is 50.5 Å². The molecule has 3 nitrogen and oxygen atoms in total. The Kier molecular flexibility index (Phi) is 3.32. The van der Waals surface area contributed by atoms with Gasteiger partial charge in [0.05, 0.1) is 10.2 Å². The molecule has 3 rings (SSSR count). The van der Waals surface area contributed by atoms with E-state index in [1.54, 1.807) is 11.3 Å². The van der Waals surface area contributed by atoms with E-state index in [0.717, 1.165) is 25.0 Å². The fourth-order valence-electron chi connectivity index (χ4n) is 1.93. The fraction of sp³-hybridized carbons (Fsp3) is 0.0714. The Morgan fingerprint density at radius 2 is 2.16 bits per heavy atom. The van der Waals surface area contributed by atoms with Crippen molar-refractivity contribution < 1.29 is 4.79 Å². The van der Waals surface area contributed by atoms with Gasteiger partial charge in [0, 0.05) is 9.26 Å². The van der Waals surface area contributed by atoms with Crippen molar-refractivity contribution in [1.29, 1.82) is 0 Å². The van der Waals surface area contributed by atoms with Crippen LogP contribution in [0.1, 0.15) is 16.1 Å². The lowest BCUT2D eigenvalue weighted by Gasteiger charge is -2.07. The number of benzene rings is 1. The van der Waals surface area contributed by atoms with Crippen molar-refractivity contribution in [1.82, 2.24) is 4.98 Å². The van der Waals surface area contributed by atoms with Gasteiger partial charge in [0.25, 0.3) is 5.91 Å². The number of H-pyrrole nitrogens is 1. The first-order valence-electron chi connectivity index (χ1n) is 5.77. The number of halogens is 1. The summed E-state index contributed by atoms with van der Waals surface area (Å²) >= 11 is 3.88. The van der Waals surface area contributed by atoms with Crippen LogP contribution in [-0.4, -0.2) is 10.9 Å². The molecule has 96 valence electrons. The van der Waals surface area contributed by atoms with Gasteiger partial charge in [0.1, 0.15) is 5.69 Å². The molecule has 0 aliphatic heterocycles. The highest BCUT2D eigenvalue weighted by Gasteiger charge is 2.11. The van der Waals surface area contributed by atoms with E-state index in [1.807, 2.05) is 42.6 Å². The molecule has 0 saturated carbocycles. The van der Waals surface area contributed by atoms with Gasteiger partial charge in [-0.05, 0) is 70.8 Å². The van der Waals surface area contributed by atoms with E-state index in [2.05, 4.69) is 32.9 Å². The van der Waals surface area contributed by atoms with Gasteiger partial charge in [-0.15, -0.1) is 11.3 Å². The third-order valence-corrected chi connectivity index (χ3v) is 4.46. The average Bonchev–Trinajstić information content (AvgIpc) is 2.93. The molecule has 5 heteroatoms. The van der Waals surface area contributed by atoms with Crippen molar-refractivity contribution >= 4 is 55.7 Å². The Morgan fingerprint density at radius 1 is 1.32 bits per heavy atom. The van der Waals surface area contributed by atoms with Crippen LogP contribution < -0.4 is 5.32 Å². The Bertz CT molecular complexity index is 731. The Balaban J connectivity index is 1.86. The molecule has 2 N–H and O–H groups in total. The van der Waals surface area contributed by atoms with Crippen LogP contribution in [-0.2, 0) is 0 Å². The lowest BCUT2D eigenvalue weighted by Crippen LogP contribution is -2.13. The number of hydrogen-bond donors (Lipinski definition) is 2. The lowest BCUT2D eigenvalue weighted by molar-refractivity contribution is 0.102. The first-order valence-corrected chi connectivity index (χ1v) is 7.73. The predicted octanol–water partition coefficient (Wildman–Crippen LogP) is 4.39. The lowest BCUT2D eigenvalue weighted by atomic mass is 10.2. The summed E-state index contributed by atoms with van der Waals surface area (Å²) in [5, 5.41) is 4.94. The summed E-state index contributed by atoms with van der Waals surface area (Å²) in [6.45, 7) is 1.99. The van der Waals surface area contributed by atoms with Crippen LogP contribution in [0.15, 0.2) is 35.7 Å². The van der Waals surface area contributed by atoms with E-state index in [4.69, 9.17) is 0 Å². The first-order chi connectivity index (χ1) is 9.13. The van der Waals surface area contributed by atoms with E-state index in [1.165, 1.54) is 0 Å². The third-order valence-electron chi connectivity index (χ3n) is 2.92. The highest BCUT2D eigenvalue weighted by atomic mass is 127. The molecule has 1 amide bonds. The van der Waals surface area contributed by atoms with E-state index >= 15 is 0 Å². The molecule has 3 aromatic rings. The number of aromatic nitrogens is 1. The highest BCUT2D eigenvalue weighted by molar-refractivity contribution is 14.1. The standard InChI is InChI=1S/C14H11IN2OS/c1-8-6-9(15)2-3-10(8)17-14(18)12-7-13-11(16-12)4-5-19-13/h2-7,16H,1H3,(H,17,18). The number of carbonyl (C=O) groups excluding carboxylic acids is 1. The van der Waals surface area contributed by atoms with Gasteiger partial charge in [-0.2, -0.15) is 0 Å². The first kappa shape index (κ1) is 12.7. The number of aromatic amines is 1. The van der Waals surface area contributed by atoms with Crippen LogP contribution in [0.3, 0.4) is 0 Å². The van der Waals surface area contributed by atoms with Gasteiger partial charge >= 0.3 is 0 Å². The molecule has 0 atom stereocenters. The van der Waals surface area contributed by atoms with Crippen molar-refractivity contribution in [3.8, 4) is 0 Å². The van der Waals surface area contributed by atoms with Gasteiger partial charge in [0.2, 0.25) is 0 Å². The van der Waals surface area contributed by atoms with Crippen LogP contribution >= 0.6 is 33.9 Å². The molecular weight excluding hydrogens is 371 g/mol. The molecule has 0 unspecified atom stereocenters. The second-order valence-electron chi connectivity index (χ2n) is 4.29. The second-order valence-corrected chi connectivity index (χ2v) is 6.49. The summed E-state index contributed by atoms with van der Waals surface area (Å²) < 4.78 is 2.26. The Labute approximate surface area is 128 Å². The van der Waals surface area contributed by atoms with Gasteiger partial charge in [0.15, 0.2) is 0 Å². The second kappa shape index (κ2) is 4.97. The highest BCUT2D eigenvalue weighted by Crippen LogP contribution is 2.23. The molecule has 0 aliphatic rings. The quantitative estimate of drug-likeness (QED) is 0.635. The number of anilines is 1.